The Morgan fingerprint density at radius 1 is 1.28 bits per heavy atom. The molecule has 0 amide bonds. The minimum atomic E-state index is -4.45. The topological polar surface area (TPSA) is 49.3 Å². The number of alkyl halides is 3. The first-order chi connectivity index (χ1) is 11.3. The van der Waals surface area contributed by atoms with E-state index >= 15 is 0 Å². The Labute approximate surface area is 171 Å². The first-order valence-electron chi connectivity index (χ1n) is 6.69. The first kappa shape index (κ1) is 22.1. The summed E-state index contributed by atoms with van der Waals surface area (Å²) in [5.74, 6) is 0.00957. The first-order valence-corrected chi connectivity index (χ1v) is 8.37. The van der Waals surface area contributed by atoms with Crippen LogP contribution in [0.1, 0.15) is 16.3 Å². The number of thiazole rings is 1. The molecular formula is C14H14BrF4IN4S. The van der Waals surface area contributed by atoms with Gasteiger partial charge in [0.25, 0.3) is 0 Å². The van der Waals surface area contributed by atoms with Crippen LogP contribution in [0.3, 0.4) is 0 Å². The number of benzene rings is 1. The Morgan fingerprint density at radius 3 is 2.56 bits per heavy atom. The molecule has 0 aliphatic carbocycles. The highest BCUT2D eigenvalue weighted by Crippen LogP contribution is 2.29. The Morgan fingerprint density at radius 2 is 1.96 bits per heavy atom. The van der Waals surface area contributed by atoms with Crippen molar-refractivity contribution in [3.05, 3.63) is 50.1 Å². The van der Waals surface area contributed by atoms with Crippen LogP contribution in [0.15, 0.2) is 33.0 Å². The van der Waals surface area contributed by atoms with E-state index in [0.717, 1.165) is 21.2 Å². The number of rotatable bonds is 4. The van der Waals surface area contributed by atoms with Crippen LogP contribution in [0.5, 0.6) is 0 Å². The van der Waals surface area contributed by atoms with E-state index in [4.69, 9.17) is 0 Å². The number of halogens is 6. The average molecular weight is 553 g/mol. The summed E-state index contributed by atoms with van der Waals surface area (Å²) in [6, 6.07) is 4.30. The molecule has 138 valence electrons. The fourth-order valence-corrected chi connectivity index (χ4v) is 2.89. The van der Waals surface area contributed by atoms with E-state index in [1.54, 1.807) is 6.07 Å². The van der Waals surface area contributed by atoms with Gasteiger partial charge in [-0.2, -0.15) is 13.2 Å². The van der Waals surface area contributed by atoms with Gasteiger partial charge in [0.2, 0.25) is 0 Å². The van der Waals surface area contributed by atoms with Crippen LogP contribution >= 0.6 is 51.2 Å². The van der Waals surface area contributed by atoms with Crippen molar-refractivity contribution in [2.45, 2.75) is 19.3 Å². The van der Waals surface area contributed by atoms with E-state index < -0.39 is 11.9 Å². The molecule has 1 aromatic heterocycles. The van der Waals surface area contributed by atoms with Gasteiger partial charge in [0.1, 0.15) is 10.8 Å². The lowest BCUT2D eigenvalue weighted by Gasteiger charge is -2.12. The lowest BCUT2D eigenvalue weighted by molar-refractivity contribution is -0.140. The second kappa shape index (κ2) is 9.67. The molecule has 1 heterocycles. The third kappa shape index (κ3) is 6.70. The molecule has 11 heteroatoms. The van der Waals surface area contributed by atoms with Gasteiger partial charge in [-0.15, -0.1) is 35.3 Å². The van der Waals surface area contributed by atoms with Crippen molar-refractivity contribution in [1.82, 2.24) is 15.6 Å². The van der Waals surface area contributed by atoms with Crippen molar-refractivity contribution in [3.63, 3.8) is 0 Å². The summed E-state index contributed by atoms with van der Waals surface area (Å²) in [6.45, 7) is 0.397. The highest BCUT2D eigenvalue weighted by molar-refractivity contribution is 14.0. The minimum Gasteiger partial charge on any atom is -0.352 e. The Kier molecular flexibility index (Phi) is 8.54. The number of aromatic nitrogens is 1. The summed E-state index contributed by atoms with van der Waals surface area (Å²) >= 11 is 4.23. The molecule has 0 saturated carbocycles. The Balaban J connectivity index is 0.00000312. The van der Waals surface area contributed by atoms with Gasteiger partial charge >= 0.3 is 6.18 Å². The van der Waals surface area contributed by atoms with E-state index in [0.29, 0.717) is 18.1 Å². The van der Waals surface area contributed by atoms with Crippen molar-refractivity contribution in [1.29, 1.82) is 0 Å². The fraction of sp³-hybridized carbons (Fsp3) is 0.286. The molecule has 0 radical (unpaired) electrons. The number of nitrogens with one attached hydrogen (secondary N) is 2. The van der Waals surface area contributed by atoms with Gasteiger partial charge in [-0.25, -0.2) is 9.37 Å². The molecule has 2 N–H and O–H groups in total. The molecular weight excluding hydrogens is 539 g/mol. The fourth-order valence-electron chi connectivity index (χ4n) is 1.76. The molecule has 4 nitrogen and oxygen atoms in total. The monoisotopic (exact) mass is 552 g/mol. The molecule has 2 aromatic rings. The van der Waals surface area contributed by atoms with Crippen LogP contribution in [0.4, 0.5) is 17.6 Å². The molecule has 0 fully saturated rings. The summed E-state index contributed by atoms with van der Waals surface area (Å²) in [4.78, 5) is 7.49. The van der Waals surface area contributed by atoms with Crippen LogP contribution in [0.25, 0.3) is 0 Å². The molecule has 0 spiro atoms. The van der Waals surface area contributed by atoms with Gasteiger partial charge in [0.15, 0.2) is 11.7 Å². The molecule has 0 aliphatic heterocycles. The quantitative estimate of drug-likeness (QED) is 0.253. The van der Waals surface area contributed by atoms with E-state index in [-0.39, 0.29) is 41.3 Å². The number of guanidine groups is 1. The molecule has 2 rings (SSSR count). The predicted molar refractivity (Wildman–Crippen MR) is 104 cm³/mol. The molecule has 25 heavy (non-hydrogen) atoms. The maximum absolute atomic E-state index is 13.2. The van der Waals surface area contributed by atoms with Crippen molar-refractivity contribution >= 4 is 57.2 Å². The molecule has 0 saturated heterocycles. The van der Waals surface area contributed by atoms with Gasteiger partial charge in [-0.05, 0) is 23.8 Å². The number of aliphatic imine (C=N–C) groups is 1. The van der Waals surface area contributed by atoms with Gasteiger partial charge in [0, 0.05) is 23.4 Å². The smallest absolute Gasteiger partial charge is 0.352 e. The summed E-state index contributed by atoms with van der Waals surface area (Å²) < 4.78 is 51.5. The normalized spacial score (nSPS) is 11.8. The summed E-state index contributed by atoms with van der Waals surface area (Å²) in [7, 11) is 1.53. The standard InChI is InChI=1S/C14H13BrF4N4S.HI/c1-20-13(21-5-8-4-9(16)2-3-10(8)15)22-6-12-23-11(7-24-12)14(17,18)19;/h2-4,7H,5-6H2,1H3,(H2,20,21,22);1H. The van der Waals surface area contributed by atoms with E-state index in [1.165, 1.54) is 19.2 Å². The number of nitrogens with zero attached hydrogens (tertiary/aromatic N) is 2. The summed E-state index contributed by atoms with van der Waals surface area (Å²) in [5.41, 5.74) is -0.220. The van der Waals surface area contributed by atoms with Gasteiger partial charge < -0.3 is 10.6 Å². The van der Waals surface area contributed by atoms with Crippen LogP contribution in [-0.4, -0.2) is 18.0 Å². The minimum absolute atomic E-state index is 0. The lowest BCUT2D eigenvalue weighted by Crippen LogP contribution is -2.36. The van der Waals surface area contributed by atoms with Crippen LogP contribution in [0.2, 0.25) is 0 Å². The zero-order valence-electron chi connectivity index (χ0n) is 12.8. The average Bonchev–Trinajstić information content (AvgIpc) is 3.00. The second-order valence-corrected chi connectivity index (χ2v) is 6.44. The van der Waals surface area contributed by atoms with E-state index in [2.05, 4.69) is 36.5 Å². The van der Waals surface area contributed by atoms with Crippen LogP contribution in [0, 0.1) is 5.82 Å². The summed E-state index contributed by atoms with van der Waals surface area (Å²) in [6.07, 6.45) is -4.45. The lowest BCUT2D eigenvalue weighted by atomic mass is 10.2. The van der Waals surface area contributed by atoms with E-state index in [9.17, 15) is 17.6 Å². The maximum atomic E-state index is 13.2. The third-order valence-corrected chi connectivity index (χ3v) is 4.55. The van der Waals surface area contributed by atoms with Gasteiger partial charge in [-0.3, -0.25) is 4.99 Å². The Bertz CT molecular complexity index is 736. The van der Waals surface area contributed by atoms with E-state index in [1.807, 2.05) is 0 Å². The highest BCUT2D eigenvalue weighted by Gasteiger charge is 2.33. The van der Waals surface area contributed by atoms with Crippen LogP contribution < -0.4 is 10.6 Å². The largest absolute Gasteiger partial charge is 0.434 e. The van der Waals surface area contributed by atoms with Crippen molar-refractivity contribution in [2.24, 2.45) is 4.99 Å². The molecule has 0 aliphatic rings. The second-order valence-electron chi connectivity index (χ2n) is 4.64. The Hall–Kier alpha value is -0.950. The maximum Gasteiger partial charge on any atom is 0.434 e. The van der Waals surface area contributed by atoms with Crippen molar-refractivity contribution in [3.8, 4) is 0 Å². The number of hydrogen-bond acceptors (Lipinski definition) is 3. The summed E-state index contributed by atoms with van der Waals surface area (Å²) in [5, 5.41) is 7.08. The molecule has 0 unspecified atom stereocenters. The SMILES string of the molecule is CN=C(NCc1nc(C(F)(F)F)cs1)NCc1cc(F)ccc1Br.I. The molecule has 1 aromatic carbocycles. The molecule has 0 bridgehead atoms. The zero-order valence-corrected chi connectivity index (χ0v) is 17.6. The van der Waals surface area contributed by atoms with Crippen LogP contribution in [-0.2, 0) is 19.3 Å². The zero-order chi connectivity index (χ0) is 17.7. The van der Waals surface area contributed by atoms with Crippen molar-refractivity contribution in [2.75, 3.05) is 7.05 Å². The highest BCUT2D eigenvalue weighted by atomic mass is 127. The van der Waals surface area contributed by atoms with Crippen molar-refractivity contribution < 1.29 is 17.6 Å². The third-order valence-electron chi connectivity index (χ3n) is 2.93. The molecule has 0 atom stereocenters. The predicted octanol–water partition coefficient (Wildman–Crippen LogP) is 4.55. The van der Waals surface area contributed by atoms with Gasteiger partial charge in [0.05, 0.1) is 6.54 Å². The van der Waals surface area contributed by atoms with Gasteiger partial charge in [-0.1, -0.05) is 15.9 Å². The number of hydrogen-bond donors (Lipinski definition) is 2.